The minimum atomic E-state index is -4.54. The largest absolute Gasteiger partial charge is 0.451 e. The highest BCUT2D eigenvalue weighted by Gasteiger charge is 2.40. The molecule has 1 amide bonds. The highest BCUT2D eigenvalue weighted by atomic mass is 32.1. The number of amides is 1. The number of nitrogens with zero attached hydrogens (tertiary/aromatic N) is 7. The molecule has 0 aliphatic carbocycles. The molecule has 5 rings (SSSR count). The molecular weight excluding hydrogens is 493 g/mol. The predicted molar refractivity (Wildman–Crippen MR) is 131 cm³/mol. The topological polar surface area (TPSA) is 106 Å². The molecule has 0 radical (unpaired) electrons. The lowest BCUT2D eigenvalue weighted by Gasteiger charge is -2.30. The summed E-state index contributed by atoms with van der Waals surface area (Å²) >= 11 is 1.63. The number of hydrogen-bond donors (Lipinski definition) is 1. The molecular formula is C23H29F3N8OS. The van der Waals surface area contributed by atoms with Gasteiger partial charge in [-0.1, -0.05) is 20.3 Å². The Kier molecular flexibility index (Phi) is 6.52. The van der Waals surface area contributed by atoms with E-state index >= 15 is 0 Å². The van der Waals surface area contributed by atoms with Crippen molar-refractivity contribution < 1.29 is 18.0 Å². The number of carbonyl (C=O) groups is 1. The third kappa shape index (κ3) is 4.72. The Bertz CT molecular complexity index is 1270. The Morgan fingerprint density at radius 2 is 2.03 bits per heavy atom. The average Bonchev–Trinajstić information content (AvgIpc) is 3.55. The van der Waals surface area contributed by atoms with Crippen LogP contribution >= 0.6 is 11.3 Å². The van der Waals surface area contributed by atoms with Gasteiger partial charge in [-0.2, -0.15) is 18.2 Å². The molecule has 0 spiro atoms. The third-order valence-corrected chi connectivity index (χ3v) is 8.04. The van der Waals surface area contributed by atoms with E-state index in [0.717, 1.165) is 53.6 Å². The number of halogens is 3. The van der Waals surface area contributed by atoms with Crippen LogP contribution in [0.1, 0.15) is 49.6 Å². The van der Waals surface area contributed by atoms with Gasteiger partial charge in [0.05, 0.1) is 11.9 Å². The number of aryl methyl sites for hydroxylation is 1. The molecule has 0 saturated carbocycles. The second kappa shape index (κ2) is 9.49. The minimum Gasteiger partial charge on any atom is -0.369 e. The van der Waals surface area contributed by atoms with E-state index in [1.165, 1.54) is 4.88 Å². The van der Waals surface area contributed by atoms with Gasteiger partial charge in [-0.3, -0.25) is 4.79 Å². The van der Waals surface area contributed by atoms with Gasteiger partial charge >= 0.3 is 6.18 Å². The summed E-state index contributed by atoms with van der Waals surface area (Å²) in [5.41, 5.74) is 5.46. The Labute approximate surface area is 210 Å². The Morgan fingerprint density at radius 3 is 2.75 bits per heavy atom. The lowest BCUT2D eigenvalue weighted by molar-refractivity contribution is -0.147. The lowest BCUT2D eigenvalue weighted by Crippen LogP contribution is -2.36. The summed E-state index contributed by atoms with van der Waals surface area (Å²) in [6.45, 7) is 6.16. The third-order valence-electron chi connectivity index (χ3n) is 6.96. The van der Waals surface area contributed by atoms with Crippen LogP contribution in [-0.2, 0) is 30.5 Å². The van der Waals surface area contributed by atoms with Crippen LogP contribution < -0.4 is 15.5 Å². The number of fused-ring (bicyclic) bond motifs is 2. The normalized spacial score (nSPS) is 19.2. The van der Waals surface area contributed by atoms with Crippen LogP contribution in [-0.4, -0.2) is 50.3 Å². The molecule has 13 heteroatoms. The van der Waals surface area contributed by atoms with Gasteiger partial charge < -0.3 is 20.1 Å². The van der Waals surface area contributed by atoms with Gasteiger partial charge in [-0.25, -0.2) is 4.98 Å². The molecule has 0 bridgehead atoms. The first kappa shape index (κ1) is 24.7. The molecule has 3 aromatic rings. The number of thiophene rings is 1. The molecule has 1 unspecified atom stereocenters. The zero-order valence-corrected chi connectivity index (χ0v) is 21.1. The van der Waals surface area contributed by atoms with Crippen LogP contribution in [0.3, 0.4) is 0 Å². The van der Waals surface area contributed by atoms with E-state index in [-0.39, 0.29) is 30.7 Å². The lowest BCUT2D eigenvalue weighted by atomic mass is 9.95. The second-order valence-corrected chi connectivity index (χ2v) is 10.8. The van der Waals surface area contributed by atoms with Crippen molar-refractivity contribution in [3.8, 4) is 0 Å². The fourth-order valence-corrected chi connectivity index (χ4v) is 6.19. The summed E-state index contributed by atoms with van der Waals surface area (Å²) in [4.78, 5) is 27.5. The Morgan fingerprint density at radius 1 is 1.22 bits per heavy atom. The maximum absolute atomic E-state index is 13.3. The summed E-state index contributed by atoms with van der Waals surface area (Å²) < 4.78 is 41.1. The van der Waals surface area contributed by atoms with Crippen molar-refractivity contribution in [1.82, 2.24) is 24.7 Å². The summed E-state index contributed by atoms with van der Waals surface area (Å²) in [6, 6.07) is 2.10. The van der Waals surface area contributed by atoms with Gasteiger partial charge in [0.25, 0.3) is 0 Å². The van der Waals surface area contributed by atoms with E-state index in [1.54, 1.807) is 11.3 Å². The van der Waals surface area contributed by atoms with Gasteiger partial charge in [-0.05, 0) is 31.2 Å². The number of hydrogen-bond acceptors (Lipinski definition) is 8. The van der Waals surface area contributed by atoms with Gasteiger partial charge in [0.1, 0.15) is 10.6 Å². The molecule has 1 fully saturated rings. The summed E-state index contributed by atoms with van der Waals surface area (Å²) in [7, 11) is 0. The second-order valence-electron chi connectivity index (χ2n) is 9.68. The van der Waals surface area contributed by atoms with E-state index in [9.17, 15) is 18.0 Å². The van der Waals surface area contributed by atoms with E-state index in [0.29, 0.717) is 24.2 Å². The molecule has 2 atom stereocenters. The van der Waals surface area contributed by atoms with Crippen molar-refractivity contribution in [2.75, 3.05) is 29.4 Å². The number of nitrogens with two attached hydrogens (primary N) is 1. The number of rotatable bonds is 7. The number of carbonyl (C=O) groups excluding carboxylic acids is 1. The van der Waals surface area contributed by atoms with E-state index in [4.69, 9.17) is 15.7 Å². The van der Waals surface area contributed by atoms with E-state index in [2.05, 4.69) is 28.1 Å². The highest BCUT2D eigenvalue weighted by Crippen LogP contribution is 2.37. The minimum absolute atomic E-state index is 0.126. The van der Waals surface area contributed by atoms with Crippen LogP contribution in [0.2, 0.25) is 0 Å². The average molecular weight is 523 g/mol. The molecule has 2 aliphatic heterocycles. The van der Waals surface area contributed by atoms with Crippen molar-refractivity contribution in [3.63, 3.8) is 0 Å². The fraction of sp³-hybridized carbons (Fsp3) is 0.609. The molecule has 2 aliphatic rings. The summed E-state index contributed by atoms with van der Waals surface area (Å²) in [6.07, 6.45) is -0.961. The van der Waals surface area contributed by atoms with E-state index < -0.39 is 12.0 Å². The fourth-order valence-electron chi connectivity index (χ4n) is 5.07. The number of aromatic nitrogens is 5. The predicted octanol–water partition coefficient (Wildman–Crippen LogP) is 3.61. The summed E-state index contributed by atoms with van der Waals surface area (Å²) in [5.74, 6) is 0.484. The zero-order chi connectivity index (χ0) is 25.6. The van der Waals surface area contributed by atoms with Gasteiger partial charge in [0, 0.05) is 37.0 Å². The van der Waals surface area contributed by atoms with Crippen LogP contribution in [0.4, 0.5) is 24.9 Å². The van der Waals surface area contributed by atoms with Crippen LogP contribution in [0, 0.1) is 11.8 Å². The highest BCUT2D eigenvalue weighted by molar-refractivity contribution is 7.18. The van der Waals surface area contributed by atoms with Crippen LogP contribution in [0.25, 0.3) is 10.2 Å². The zero-order valence-electron chi connectivity index (χ0n) is 20.3. The maximum atomic E-state index is 13.3. The number of primary amides is 1. The van der Waals surface area contributed by atoms with Crippen LogP contribution in [0.15, 0.2) is 6.07 Å². The first-order chi connectivity index (χ1) is 17.1. The van der Waals surface area contributed by atoms with Crippen LogP contribution in [0.5, 0.6) is 0 Å². The number of alkyl halides is 3. The maximum Gasteiger partial charge on any atom is 0.451 e. The molecule has 1 saturated heterocycles. The SMILES string of the molecule is CCCc1cc2c(N3CCn4c(nnc4C(F)(F)F)C3)nc(N3CCC(C[C@H](C)C(N)=O)C3)nc2s1. The first-order valence-corrected chi connectivity index (χ1v) is 13.0. The molecule has 2 N–H and O–H groups in total. The van der Waals surface area contributed by atoms with E-state index in [1.807, 2.05) is 11.8 Å². The van der Waals surface area contributed by atoms with Gasteiger partial charge in [0.2, 0.25) is 17.7 Å². The molecule has 194 valence electrons. The molecule has 0 aromatic carbocycles. The molecule has 5 heterocycles. The smallest absolute Gasteiger partial charge is 0.369 e. The molecule has 36 heavy (non-hydrogen) atoms. The van der Waals surface area contributed by atoms with Crippen molar-refractivity contribution >= 4 is 39.2 Å². The monoisotopic (exact) mass is 522 g/mol. The summed E-state index contributed by atoms with van der Waals surface area (Å²) in [5, 5.41) is 8.14. The van der Waals surface area contributed by atoms with Crippen molar-refractivity contribution in [3.05, 3.63) is 22.6 Å². The van der Waals surface area contributed by atoms with Crippen molar-refractivity contribution in [2.45, 2.75) is 58.8 Å². The quantitative estimate of drug-likeness (QED) is 0.505. The number of anilines is 2. The Balaban J connectivity index is 1.46. The standard InChI is InChI=1S/C23H29F3N8OS/c1-3-4-15-10-16-19(32-7-8-34-17(12-32)30-31-21(34)23(24,25)26)28-22(29-20(16)36-15)33-6-5-14(11-33)9-13(2)18(27)35/h10,13-14H,3-9,11-12H2,1-2H3,(H2,27,35)/t13-,14?/m0/s1. The van der Waals surface area contributed by atoms with Gasteiger partial charge in [0.15, 0.2) is 5.82 Å². The Hall–Kier alpha value is -2.96. The van der Waals surface area contributed by atoms with Gasteiger partial charge in [-0.15, -0.1) is 21.5 Å². The molecule has 3 aromatic heterocycles. The van der Waals surface area contributed by atoms with Crippen molar-refractivity contribution in [1.29, 1.82) is 0 Å². The first-order valence-electron chi connectivity index (χ1n) is 12.2. The molecule has 9 nitrogen and oxygen atoms in total. The van der Waals surface area contributed by atoms with Crippen molar-refractivity contribution in [2.24, 2.45) is 17.6 Å².